The Labute approximate surface area is 185 Å². The van der Waals surface area contributed by atoms with Gasteiger partial charge in [-0.3, -0.25) is 9.52 Å². The van der Waals surface area contributed by atoms with E-state index < -0.39 is 27.9 Å². The van der Waals surface area contributed by atoms with Crippen molar-refractivity contribution in [3.63, 3.8) is 0 Å². The number of amides is 1. The second-order valence-corrected chi connectivity index (χ2v) is 8.86. The lowest BCUT2D eigenvalue weighted by atomic mass is 10.2. The Bertz CT molecular complexity index is 1220. The number of carbonyl (C=O) groups is 1. The third kappa shape index (κ3) is 5.74. The Morgan fingerprint density at radius 1 is 1.06 bits per heavy atom. The van der Waals surface area contributed by atoms with E-state index >= 15 is 0 Å². The summed E-state index contributed by atoms with van der Waals surface area (Å²) in [5.41, 5.74) is 0.524. The van der Waals surface area contributed by atoms with Gasteiger partial charge in [0.2, 0.25) is 0 Å². The molecule has 31 heavy (non-hydrogen) atoms. The molecular weight excluding hydrogens is 443 g/mol. The van der Waals surface area contributed by atoms with Gasteiger partial charge < -0.3 is 10.1 Å². The monoisotopic (exact) mass is 462 g/mol. The molecule has 0 bridgehead atoms. The first-order valence-electron chi connectivity index (χ1n) is 9.27. The van der Waals surface area contributed by atoms with E-state index in [4.69, 9.17) is 16.3 Å². The second-order valence-electron chi connectivity index (χ2n) is 6.77. The fourth-order valence-electron chi connectivity index (χ4n) is 2.75. The summed E-state index contributed by atoms with van der Waals surface area (Å²) in [6.45, 7) is 3.16. The van der Waals surface area contributed by atoms with E-state index in [1.165, 1.54) is 24.3 Å². The third-order valence-corrected chi connectivity index (χ3v) is 6.08. The molecule has 3 rings (SSSR count). The maximum absolute atomic E-state index is 13.9. The maximum atomic E-state index is 13.9. The number of hydrogen-bond donors (Lipinski definition) is 2. The molecule has 3 aromatic rings. The van der Waals surface area contributed by atoms with Crippen molar-refractivity contribution >= 4 is 38.9 Å². The van der Waals surface area contributed by atoms with Crippen LogP contribution in [0.15, 0.2) is 71.6 Å². The van der Waals surface area contributed by atoms with E-state index in [2.05, 4.69) is 10.0 Å². The highest BCUT2D eigenvalue weighted by molar-refractivity contribution is 7.92. The number of nitrogens with one attached hydrogen (secondary N) is 2. The Morgan fingerprint density at radius 3 is 2.52 bits per heavy atom. The lowest BCUT2D eigenvalue weighted by Crippen LogP contribution is -2.30. The van der Waals surface area contributed by atoms with Gasteiger partial charge in [-0.2, -0.15) is 0 Å². The van der Waals surface area contributed by atoms with Crippen molar-refractivity contribution in [2.75, 3.05) is 10.0 Å². The third-order valence-electron chi connectivity index (χ3n) is 4.34. The molecule has 0 aliphatic heterocycles. The van der Waals surface area contributed by atoms with E-state index in [0.717, 1.165) is 6.07 Å². The van der Waals surface area contributed by atoms with Crippen LogP contribution in [0, 0.1) is 12.7 Å². The largest absolute Gasteiger partial charge is 0.481 e. The van der Waals surface area contributed by atoms with Gasteiger partial charge in [0.05, 0.1) is 10.6 Å². The molecule has 162 valence electrons. The zero-order chi connectivity index (χ0) is 22.6. The molecule has 2 N–H and O–H groups in total. The quantitative estimate of drug-likeness (QED) is 0.517. The summed E-state index contributed by atoms with van der Waals surface area (Å²) in [4.78, 5) is 12.4. The summed E-state index contributed by atoms with van der Waals surface area (Å²) in [7, 11) is -4.09. The van der Waals surface area contributed by atoms with Crippen molar-refractivity contribution in [1.82, 2.24) is 0 Å². The predicted octanol–water partition coefficient (Wildman–Crippen LogP) is 4.99. The molecule has 1 unspecified atom stereocenters. The minimum absolute atomic E-state index is 0.0861. The predicted molar refractivity (Wildman–Crippen MR) is 119 cm³/mol. The van der Waals surface area contributed by atoms with Gasteiger partial charge in [-0.25, -0.2) is 12.8 Å². The van der Waals surface area contributed by atoms with Gasteiger partial charge in [0, 0.05) is 10.7 Å². The van der Waals surface area contributed by atoms with Crippen LogP contribution in [0.4, 0.5) is 15.8 Å². The van der Waals surface area contributed by atoms with Crippen LogP contribution in [0.5, 0.6) is 5.75 Å². The van der Waals surface area contributed by atoms with Crippen LogP contribution in [0.3, 0.4) is 0 Å². The van der Waals surface area contributed by atoms with Gasteiger partial charge >= 0.3 is 0 Å². The van der Waals surface area contributed by atoms with Crippen LogP contribution >= 0.6 is 11.6 Å². The summed E-state index contributed by atoms with van der Waals surface area (Å²) < 4.78 is 47.3. The SMILES string of the molecule is Cc1ccc(NC(=O)C(C)Oc2cccc(Cl)c2)cc1S(=O)(=O)Nc1ccccc1F. The van der Waals surface area contributed by atoms with Crippen molar-refractivity contribution in [3.8, 4) is 5.75 Å². The molecule has 3 aromatic carbocycles. The summed E-state index contributed by atoms with van der Waals surface area (Å²) >= 11 is 5.91. The topological polar surface area (TPSA) is 84.5 Å². The molecule has 0 aromatic heterocycles. The first-order valence-corrected chi connectivity index (χ1v) is 11.1. The first-order chi connectivity index (χ1) is 14.7. The number of aryl methyl sites for hydroxylation is 1. The van der Waals surface area contributed by atoms with E-state index in [9.17, 15) is 17.6 Å². The van der Waals surface area contributed by atoms with Gasteiger partial charge in [-0.1, -0.05) is 35.9 Å². The smallest absolute Gasteiger partial charge is 0.265 e. The molecular formula is C22H20ClFN2O4S. The molecule has 0 aliphatic carbocycles. The fourth-order valence-corrected chi connectivity index (χ4v) is 4.27. The first kappa shape index (κ1) is 22.6. The molecule has 9 heteroatoms. The highest BCUT2D eigenvalue weighted by Crippen LogP contribution is 2.25. The average Bonchev–Trinajstić information content (AvgIpc) is 2.71. The Morgan fingerprint density at radius 2 is 1.81 bits per heavy atom. The summed E-state index contributed by atoms with van der Waals surface area (Å²) in [5.74, 6) is -0.745. The van der Waals surface area contributed by atoms with Crippen LogP contribution in [-0.4, -0.2) is 20.4 Å². The molecule has 0 heterocycles. The number of anilines is 2. The lowest BCUT2D eigenvalue weighted by molar-refractivity contribution is -0.122. The molecule has 0 spiro atoms. The van der Waals surface area contributed by atoms with Crippen LogP contribution in [0.2, 0.25) is 5.02 Å². The number of ether oxygens (including phenoxy) is 1. The van der Waals surface area contributed by atoms with E-state index in [1.54, 1.807) is 50.2 Å². The molecule has 0 saturated carbocycles. The van der Waals surface area contributed by atoms with Crippen molar-refractivity contribution in [2.24, 2.45) is 0 Å². The van der Waals surface area contributed by atoms with Crippen LogP contribution < -0.4 is 14.8 Å². The minimum Gasteiger partial charge on any atom is -0.481 e. The lowest BCUT2D eigenvalue weighted by Gasteiger charge is -2.16. The van der Waals surface area contributed by atoms with Gasteiger partial charge in [0.25, 0.3) is 15.9 Å². The zero-order valence-corrected chi connectivity index (χ0v) is 18.3. The highest BCUT2D eigenvalue weighted by Gasteiger charge is 2.21. The number of hydrogen-bond acceptors (Lipinski definition) is 4. The highest BCUT2D eigenvalue weighted by atomic mass is 35.5. The van der Waals surface area contributed by atoms with Crippen LogP contribution in [0.1, 0.15) is 12.5 Å². The average molecular weight is 463 g/mol. The number of rotatable bonds is 7. The fraction of sp³-hybridized carbons (Fsp3) is 0.136. The van der Waals surface area contributed by atoms with Gasteiger partial charge in [-0.05, 0) is 61.9 Å². The molecule has 6 nitrogen and oxygen atoms in total. The van der Waals surface area contributed by atoms with Gasteiger partial charge in [0.15, 0.2) is 6.10 Å². The number of carbonyl (C=O) groups excluding carboxylic acids is 1. The Hall–Kier alpha value is -3.10. The van der Waals surface area contributed by atoms with Crippen LogP contribution in [0.25, 0.3) is 0 Å². The Kier molecular flexibility index (Phi) is 6.82. The van der Waals surface area contributed by atoms with E-state index in [0.29, 0.717) is 16.3 Å². The number of sulfonamides is 1. The standard InChI is InChI=1S/C22H20ClFN2O4S/c1-14-10-11-17(25-22(27)15(2)30-18-7-5-6-16(23)12-18)13-21(14)31(28,29)26-20-9-4-3-8-19(20)24/h3-13,15,26H,1-2H3,(H,25,27). The molecule has 0 radical (unpaired) electrons. The number of halogens is 2. The molecule has 0 saturated heterocycles. The Balaban J connectivity index is 1.77. The molecule has 1 amide bonds. The van der Waals surface area contributed by atoms with Crippen molar-refractivity contribution in [1.29, 1.82) is 0 Å². The van der Waals surface area contributed by atoms with Crippen molar-refractivity contribution in [2.45, 2.75) is 24.8 Å². The molecule has 0 fully saturated rings. The zero-order valence-electron chi connectivity index (χ0n) is 16.7. The second kappa shape index (κ2) is 9.36. The summed E-state index contributed by atoms with van der Waals surface area (Å²) in [5, 5.41) is 3.10. The van der Waals surface area contributed by atoms with Gasteiger partial charge in [0.1, 0.15) is 11.6 Å². The van der Waals surface area contributed by atoms with Crippen molar-refractivity contribution < 1.29 is 22.3 Å². The number of benzene rings is 3. The maximum Gasteiger partial charge on any atom is 0.265 e. The minimum atomic E-state index is -4.09. The summed E-state index contributed by atoms with van der Waals surface area (Å²) in [6, 6.07) is 16.5. The molecule has 0 aliphatic rings. The normalized spacial score (nSPS) is 12.1. The summed E-state index contributed by atoms with van der Waals surface area (Å²) in [6.07, 6.45) is -0.864. The number of para-hydroxylation sites is 1. The van der Waals surface area contributed by atoms with Crippen molar-refractivity contribution in [3.05, 3.63) is 83.1 Å². The van der Waals surface area contributed by atoms with E-state index in [-0.39, 0.29) is 16.3 Å². The van der Waals surface area contributed by atoms with Gasteiger partial charge in [-0.15, -0.1) is 0 Å². The van der Waals surface area contributed by atoms with Crippen LogP contribution in [-0.2, 0) is 14.8 Å². The van der Waals surface area contributed by atoms with E-state index in [1.807, 2.05) is 0 Å². The molecule has 1 atom stereocenters.